The Morgan fingerprint density at radius 3 is 2.60 bits per heavy atom. The predicted molar refractivity (Wildman–Crippen MR) is 85.9 cm³/mol. The fourth-order valence-corrected chi connectivity index (χ4v) is 4.29. The van der Waals surface area contributed by atoms with Crippen molar-refractivity contribution in [1.82, 2.24) is 4.90 Å². The maximum Gasteiger partial charge on any atom is 0.0123 e. The minimum Gasteiger partial charge on any atom is -0.300 e. The summed E-state index contributed by atoms with van der Waals surface area (Å²) in [5, 5.41) is 0. The highest BCUT2D eigenvalue weighted by Crippen LogP contribution is 2.35. The minimum absolute atomic E-state index is 0.939. The third kappa shape index (κ3) is 3.63. The summed E-state index contributed by atoms with van der Waals surface area (Å²) < 4.78 is 0. The lowest BCUT2D eigenvalue weighted by Gasteiger charge is -2.44. The summed E-state index contributed by atoms with van der Waals surface area (Å²) in [7, 11) is 0. The molecule has 3 rings (SSSR count). The van der Waals surface area contributed by atoms with Gasteiger partial charge < -0.3 is 4.90 Å². The van der Waals surface area contributed by atoms with E-state index >= 15 is 0 Å². The van der Waals surface area contributed by atoms with E-state index in [9.17, 15) is 0 Å². The van der Waals surface area contributed by atoms with E-state index in [1.165, 1.54) is 76.4 Å². The Balaban J connectivity index is 1.41. The van der Waals surface area contributed by atoms with Gasteiger partial charge in [-0.05, 0) is 69.5 Å². The van der Waals surface area contributed by atoms with Gasteiger partial charge in [0.05, 0.1) is 0 Å². The lowest BCUT2D eigenvalue weighted by atomic mass is 9.78. The molecule has 1 aromatic carbocycles. The van der Waals surface area contributed by atoms with Crippen molar-refractivity contribution in [3.63, 3.8) is 0 Å². The highest BCUT2D eigenvalue weighted by atomic mass is 15.2. The van der Waals surface area contributed by atoms with E-state index in [2.05, 4.69) is 35.2 Å². The van der Waals surface area contributed by atoms with Crippen molar-refractivity contribution in [2.75, 3.05) is 13.1 Å². The maximum atomic E-state index is 2.83. The third-order valence-electron chi connectivity index (χ3n) is 5.36. The number of piperidine rings is 1. The molecule has 0 amide bonds. The van der Waals surface area contributed by atoms with Crippen LogP contribution in [0.2, 0.25) is 0 Å². The standard InChI is InChI=1S/C19H29N/c1-2-9-17(10-3-1)11-6-7-15-20-16-8-13-18-12-4-5-14-19(18)20/h1-3,9-10,18-19H,4-8,11-16H2/t18-,19+/m1/s1. The van der Waals surface area contributed by atoms with Crippen LogP contribution in [0.1, 0.15) is 56.9 Å². The van der Waals surface area contributed by atoms with Crippen LogP contribution in [0.3, 0.4) is 0 Å². The van der Waals surface area contributed by atoms with E-state index < -0.39 is 0 Å². The Hall–Kier alpha value is -0.820. The zero-order chi connectivity index (χ0) is 13.6. The van der Waals surface area contributed by atoms with Crippen LogP contribution in [0.25, 0.3) is 0 Å². The van der Waals surface area contributed by atoms with Crippen molar-refractivity contribution in [3.05, 3.63) is 35.9 Å². The monoisotopic (exact) mass is 271 g/mol. The minimum atomic E-state index is 0.939. The number of unbranched alkanes of at least 4 members (excludes halogenated alkanes) is 1. The van der Waals surface area contributed by atoms with Crippen LogP contribution in [0.4, 0.5) is 0 Å². The Kier molecular flexibility index (Phi) is 5.13. The molecule has 1 heterocycles. The number of likely N-dealkylation sites (tertiary alicyclic amines) is 1. The largest absolute Gasteiger partial charge is 0.300 e. The molecule has 1 aliphatic carbocycles. The molecule has 0 aromatic heterocycles. The predicted octanol–water partition coefficient (Wildman–Crippen LogP) is 4.66. The zero-order valence-corrected chi connectivity index (χ0v) is 12.8. The Bertz CT molecular complexity index is 384. The fourth-order valence-electron chi connectivity index (χ4n) is 4.29. The van der Waals surface area contributed by atoms with Crippen LogP contribution >= 0.6 is 0 Å². The summed E-state index contributed by atoms with van der Waals surface area (Å²) in [4.78, 5) is 2.83. The van der Waals surface area contributed by atoms with Gasteiger partial charge >= 0.3 is 0 Å². The molecule has 0 spiro atoms. The van der Waals surface area contributed by atoms with Crippen molar-refractivity contribution in [2.24, 2.45) is 5.92 Å². The smallest absolute Gasteiger partial charge is 0.0123 e. The Morgan fingerprint density at radius 2 is 1.70 bits per heavy atom. The van der Waals surface area contributed by atoms with Crippen LogP contribution in [-0.2, 0) is 6.42 Å². The molecule has 1 aromatic rings. The van der Waals surface area contributed by atoms with Gasteiger partial charge in [0.2, 0.25) is 0 Å². The number of nitrogens with zero attached hydrogens (tertiary/aromatic N) is 1. The Labute approximate surface area is 124 Å². The molecular formula is C19H29N. The van der Waals surface area contributed by atoms with Gasteiger partial charge in [-0.25, -0.2) is 0 Å². The number of hydrogen-bond donors (Lipinski definition) is 0. The van der Waals surface area contributed by atoms with E-state index in [1.807, 2.05) is 0 Å². The second-order valence-corrected chi connectivity index (χ2v) is 6.73. The van der Waals surface area contributed by atoms with Gasteiger partial charge in [0, 0.05) is 6.04 Å². The third-order valence-corrected chi connectivity index (χ3v) is 5.36. The van der Waals surface area contributed by atoms with Crippen molar-refractivity contribution >= 4 is 0 Å². The molecule has 0 N–H and O–H groups in total. The van der Waals surface area contributed by atoms with Gasteiger partial charge in [0.25, 0.3) is 0 Å². The second-order valence-electron chi connectivity index (χ2n) is 6.73. The molecule has 1 nitrogen and oxygen atoms in total. The normalized spacial score (nSPS) is 27.2. The number of fused-ring (bicyclic) bond motifs is 1. The lowest BCUT2D eigenvalue weighted by Crippen LogP contribution is -2.47. The van der Waals surface area contributed by atoms with E-state index in [1.54, 1.807) is 0 Å². The summed E-state index contributed by atoms with van der Waals surface area (Å²) in [6, 6.07) is 11.9. The molecule has 1 saturated carbocycles. The second kappa shape index (κ2) is 7.26. The quantitative estimate of drug-likeness (QED) is 0.704. The number of hydrogen-bond acceptors (Lipinski definition) is 1. The highest BCUT2D eigenvalue weighted by Gasteiger charge is 2.32. The average molecular weight is 271 g/mol. The van der Waals surface area contributed by atoms with Gasteiger partial charge in [-0.1, -0.05) is 43.2 Å². The van der Waals surface area contributed by atoms with Gasteiger partial charge in [-0.3, -0.25) is 0 Å². The van der Waals surface area contributed by atoms with Crippen LogP contribution in [-0.4, -0.2) is 24.0 Å². The highest BCUT2D eigenvalue weighted by molar-refractivity contribution is 5.14. The van der Waals surface area contributed by atoms with Crippen molar-refractivity contribution < 1.29 is 0 Å². The summed E-state index contributed by atoms with van der Waals surface area (Å²) in [6.07, 6.45) is 12.9. The van der Waals surface area contributed by atoms with Crippen LogP contribution in [0, 0.1) is 5.92 Å². The number of rotatable bonds is 5. The zero-order valence-electron chi connectivity index (χ0n) is 12.8. The molecule has 0 radical (unpaired) electrons. The van der Waals surface area contributed by atoms with Gasteiger partial charge in [0.15, 0.2) is 0 Å². The van der Waals surface area contributed by atoms with Crippen LogP contribution in [0.15, 0.2) is 30.3 Å². The molecule has 20 heavy (non-hydrogen) atoms. The molecule has 2 fully saturated rings. The molecule has 110 valence electrons. The SMILES string of the molecule is c1ccc(CCCCN2CCC[C@H]3CCCC[C@@H]32)cc1. The van der Waals surface area contributed by atoms with E-state index in [4.69, 9.17) is 0 Å². The van der Waals surface area contributed by atoms with Crippen molar-refractivity contribution in [3.8, 4) is 0 Å². The molecular weight excluding hydrogens is 242 g/mol. The van der Waals surface area contributed by atoms with E-state index in [0.29, 0.717) is 0 Å². The fraction of sp³-hybridized carbons (Fsp3) is 0.684. The molecule has 1 saturated heterocycles. The van der Waals surface area contributed by atoms with E-state index in [-0.39, 0.29) is 0 Å². The molecule has 0 unspecified atom stereocenters. The molecule has 0 bridgehead atoms. The first-order chi connectivity index (χ1) is 9.93. The van der Waals surface area contributed by atoms with Crippen molar-refractivity contribution in [2.45, 2.75) is 63.8 Å². The summed E-state index contributed by atoms with van der Waals surface area (Å²) in [6.45, 7) is 2.71. The molecule has 2 atom stereocenters. The van der Waals surface area contributed by atoms with Gasteiger partial charge in [0.1, 0.15) is 0 Å². The summed E-state index contributed by atoms with van der Waals surface area (Å²) in [5.74, 6) is 1.03. The molecule has 2 aliphatic rings. The van der Waals surface area contributed by atoms with Gasteiger partial charge in [-0.15, -0.1) is 0 Å². The Morgan fingerprint density at radius 1 is 0.900 bits per heavy atom. The number of aryl methyl sites for hydroxylation is 1. The maximum absolute atomic E-state index is 2.83. The first-order valence-corrected chi connectivity index (χ1v) is 8.71. The molecule has 1 heteroatoms. The molecule has 1 aliphatic heterocycles. The van der Waals surface area contributed by atoms with Crippen LogP contribution < -0.4 is 0 Å². The first kappa shape index (κ1) is 14.1. The topological polar surface area (TPSA) is 3.24 Å². The van der Waals surface area contributed by atoms with Crippen molar-refractivity contribution in [1.29, 1.82) is 0 Å². The lowest BCUT2D eigenvalue weighted by molar-refractivity contribution is 0.0597. The van der Waals surface area contributed by atoms with Crippen LogP contribution in [0.5, 0.6) is 0 Å². The van der Waals surface area contributed by atoms with E-state index in [0.717, 1.165) is 12.0 Å². The average Bonchev–Trinajstić information content (AvgIpc) is 2.53. The first-order valence-electron chi connectivity index (χ1n) is 8.71. The summed E-state index contributed by atoms with van der Waals surface area (Å²) >= 11 is 0. The number of benzene rings is 1. The van der Waals surface area contributed by atoms with Gasteiger partial charge in [-0.2, -0.15) is 0 Å². The summed E-state index contributed by atoms with van der Waals surface area (Å²) in [5.41, 5.74) is 1.50.